The predicted octanol–water partition coefficient (Wildman–Crippen LogP) is 2.08. The van der Waals surface area contributed by atoms with Crippen LogP contribution in [0.3, 0.4) is 0 Å². The highest BCUT2D eigenvalue weighted by molar-refractivity contribution is 5.82. The van der Waals surface area contributed by atoms with Crippen molar-refractivity contribution in [1.82, 2.24) is 10.2 Å². The largest absolute Gasteiger partial charge is 0.342 e. The first kappa shape index (κ1) is 14.7. The van der Waals surface area contributed by atoms with Crippen LogP contribution in [0.5, 0.6) is 0 Å². The van der Waals surface area contributed by atoms with E-state index in [1.54, 1.807) is 0 Å². The lowest BCUT2D eigenvalue weighted by Crippen LogP contribution is -2.47. The minimum atomic E-state index is -0.114. The number of hydrogen-bond donors (Lipinski definition) is 1. The van der Waals surface area contributed by atoms with Crippen molar-refractivity contribution in [2.75, 3.05) is 19.6 Å². The van der Waals surface area contributed by atoms with Crippen LogP contribution in [0, 0.1) is 0 Å². The molecule has 1 aromatic rings. The Morgan fingerprint density at radius 3 is 2.28 bits per heavy atom. The minimum absolute atomic E-state index is 0.114. The number of hydrogen-bond acceptors (Lipinski definition) is 2. The lowest BCUT2D eigenvalue weighted by Gasteiger charge is -2.25. The predicted molar refractivity (Wildman–Crippen MR) is 75.5 cm³/mol. The molecule has 1 atom stereocenters. The highest BCUT2D eigenvalue weighted by Crippen LogP contribution is 2.06. The Labute approximate surface area is 110 Å². The normalized spacial score (nSPS) is 12.2. The first-order valence-electron chi connectivity index (χ1n) is 6.78. The smallest absolute Gasteiger partial charge is 0.240 e. The van der Waals surface area contributed by atoms with Crippen LogP contribution >= 0.6 is 0 Å². The van der Waals surface area contributed by atoms with Gasteiger partial charge in [-0.25, -0.2) is 0 Å². The third-order valence-corrected chi connectivity index (χ3v) is 3.11. The van der Waals surface area contributed by atoms with E-state index in [1.165, 1.54) is 5.56 Å². The van der Waals surface area contributed by atoms with Crippen molar-refractivity contribution in [2.45, 2.75) is 33.2 Å². The standard InChI is InChI=1S/C15H24N2O/c1-4-16-14(15(18)17(5-2)6-3)12-13-10-8-7-9-11-13/h7-11,14,16H,4-6,12H2,1-3H3/t14-/m0/s1. The summed E-state index contributed by atoms with van der Waals surface area (Å²) in [5.41, 5.74) is 1.20. The molecule has 1 rings (SSSR count). The molecule has 100 valence electrons. The van der Waals surface area contributed by atoms with Crippen molar-refractivity contribution >= 4 is 5.91 Å². The van der Waals surface area contributed by atoms with Crippen LogP contribution in [-0.2, 0) is 11.2 Å². The van der Waals surface area contributed by atoms with Crippen molar-refractivity contribution in [3.63, 3.8) is 0 Å². The number of amides is 1. The number of nitrogens with one attached hydrogen (secondary N) is 1. The van der Waals surface area contributed by atoms with Crippen molar-refractivity contribution in [3.8, 4) is 0 Å². The molecular formula is C15H24N2O. The monoisotopic (exact) mass is 248 g/mol. The summed E-state index contributed by atoms with van der Waals surface area (Å²) in [7, 11) is 0. The summed E-state index contributed by atoms with van der Waals surface area (Å²) in [5.74, 6) is 0.200. The van der Waals surface area contributed by atoms with Crippen LogP contribution in [0.1, 0.15) is 26.3 Å². The maximum absolute atomic E-state index is 12.4. The number of carbonyl (C=O) groups is 1. The fourth-order valence-corrected chi connectivity index (χ4v) is 2.10. The summed E-state index contributed by atoms with van der Waals surface area (Å²) in [5, 5.41) is 3.29. The van der Waals surface area contributed by atoms with Gasteiger partial charge in [-0.1, -0.05) is 37.3 Å². The van der Waals surface area contributed by atoms with E-state index < -0.39 is 0 Å². The molecule has 0 saturated heterocycles. The van der Waals surface area contributed by atoms with E-state index in [-0.39, 0.29) is 11.9 Å². The Kier molecular flexibility index (Phi) is 6.44. The molecule has 1 amide bonds. The van der Waals surface area contributed by atoms with E-state index in [1.807, 2.05) is 43.9 Å². The first-order chi connectivity index (χ1) is 8.72. The van der Waals surface area contributed by atoms with Gasteiger partial charge in [-0.3, -0.25) is 4.79 Å². The van der Waals surface area contributed by atoms with Crippen LogP contribution in [0.25, 0.3) is 0 Å². The molecule has 0 fully saturated rings. The molecule has 0 heterocycles. The lowest BCUT2D eigenvalue weighted by atomic mass is 10.0. The fourth-order valence-electron chi connectivity index (χ4n) is 2.10. The zero-order valence-corrected chi connectivity index (χ0v) is 11.6. The van der Waals surface area contributed by atoms with Gasteiger partial charge in [0.2, 0.25) is 5.91 Å². The first-order valence-corrected chi connectivity index (χ1v) is 6.78. The average molecular weight is 248 g/mol. The Morgan fingerprint density at radius 2 is 1.78 bits per heavy atom. The molecule has 0 radical (unpaired) electrons. The van der Waals surface area contributed by atoms with Crippen LogP contribution in [0.2, 0.25) is 0 Å². The SMILES string of the molecule is CCN[C@@H](Cc1ccccc1)C(=O)N(CC)CC. The molecular weight excluding hydrogens is 224 g/mol. The summed E-state index contributed by atoms with van der Waals surface area (Å²) in [6.07, 6.45) is 0.754. The van der Waals surface area contributed by atoms with Gasteiger partial charge in [0.05, 0.1) is 6.04 Å². The van der Waals surface area contributed by atoms with E-state index >= 15 is 0 Å². The summed E-state index contributed by atoms with van der Waals surface area (Å²) >= 11 is 0. The maximum atomic E-state index is 12.4. The van der Waals surface area contributed by atoms with Crippen LogP contribution in [0.4, 0.5) is 0 Å². The Bertz CT molecular complexity index is 347. The van der Waals surface area contributed by atoms with E-state index in [0.29, 0.717) is 0 Å². The lowest BCUT2D eigenvalue weighted by molar-refractivity contribution is -0.133. The molecule has 0 bridgehead atoms. The number of rotatable bonds is 7. The molecule has 1 aromatic carbocycles. The molecule has 18 heavy (non-hydrogen) atoms. The Morgan fingerprint density at radius 1 is 1.17 bits per heavy atom. The van der Waals surface area contributed by atoms with E-state index in [9.17, 15) is 4.79 Å². The summed E-state index contributed by atoms with van der Waals surface area (Å²) in [4.78, 5) is 14.2. The van der Waals surface area contributed by atoms with Crippen molar-refractivity contribution < 1.29 is 4.79 Å². The summed E-state index contributed by atoms with van der Waals surface area (Å²) in [6.45, 7) is 8.43. The molecule has 1 N–H and O–H groups in total. The van der Waals surface area contributed by atoms with E-state index in [2.05, 4.69) is 17.4 Å². The maximum Gasteiger partial charge on any atom is 0.240 e. The Hall–Kier alpha value is -1.35. The molecule has 0 aliphatic heterocycles. The van der Waals surface area contributed by atoms with Crippen molar-refractivity contribution in [2.24, 2.45) is 0 Å². The summed E-state index contributed by atoms with van der Waals surface area (Å²) in [6, 6.07) is 10.1. The van der Waals surface area contributed by atoms with E-state index in [4.69, 9.17) is 0 Å². The second-order valence-corrected chi connectivity index (χ2v) is 4.31. The number of nitrogens with zero attached hydrogens (tertiary/aromatic N) is 1. The number of carbonyl (C=O) groups excluding carboxylic acids is 1. The molecule has 3 nitrogen and oxygen atoms in total. The van der Waals surface area contributed by atoms with Gasteiger partial charge in [-0.05, 0) is 32.4 Å². The quantitative estimate of drug-likeness (QED) is 0.801. The van der Waals surface area contributed by atoms with Gasteiger partial charge in [-0.15, -0.1) is 0 Å². The molecule has 0 aliphatic carbocycles. The van der Waals surface area contributed by atoms with Gasteiger partial charge in [0.15, 0.2) is 0 Å². The Balaban J connectivity index is 2.73. The molecule has 0 spiro atoms. The van der Waals surface area contributed by atoms with Gasteiger partial charge >= 0.3 is 0 Å². The van der Waals surface area contributed by atoms with Crippen molar-refractivity contribution in [3.05, 3.63) is 35.9 Å². The van der Waals surface area contributed by atoms with Gasteiger partial charge in [-0.2, -0.15) is 0 Å². The highest BCUT2D eigenvalue weighted by Gasteiger charge is 2.21. The van der Waals surface area contributed by atoms with Gasteiger partial charge < -0.3 is 10.2 Å². The van der Waals surface area contributed by atoms with E-state index in [0.717, 1.165) is 26.1 Å². The number of benzene rings is 1. The second kappa shape index (κ2) is 7.88. The van der Waals surface area contributed by atoms with Gasteiger partial charge in [0.1, 0.15) is 0 Å². The van der Waals surface area contributed by atoms with Crippen molar-refractivity contribution in [1.29, 1.82) is 0 Å². The zero-order chi connectivity index (χ0) is 13.4. The summed E-state index contributed by atoms with van der Waals surface area (Å²) < 4.78 is 0. The van der Waals surface area contributed by atoms with Gasteiger partial charge in [0.25, 0.3) is 0 Å². The van der Waals surface area contributed by atoms with Crippen LogP contribution in [0.15, 0.2) is 30.3 Å². The fraction of sp³-hybridized carbons (Fsp3) is 0.533. The van der Waals surface area contributed by atoms with Crippen LogP contribution in [-0.4, -0.2) is 36.5 Å². The highest BCUT2D eigenvalue weighted by atomic mass is 16.2. The molecule has 0 aliphatic rings. The minimum Gasteiger partial charge on any atom is -0.342 e. The third-order valence-electron chi connectivity index (χ3n) is 3.11. The number of likely N-dealkylation sites (N-methyl/N-ethyl adjacent to an activating group) is 2. The topological polar surface area (TPSA) is 32.3 Å². The zero-order valence-electron chi connectivity index (χ0n) is 11.6. The molecule has 3 heteroatoms. The van der Waals surface area contributed by atoms with Crippen LogP contribution < -0.4 is 5.32 Å². The molecule has 0 aromatic heterocycles. The second-order valence-electron chi connectivity index (χ2n) is 4.31. The molecule has 0 unspecified atom stereocenters. The molecule has 0 saturated carbocycles. The third kappa shape index (κ3) is 4.15. The average Bonchev–Trinajstić information content (AvgIpc) is 2.40. The van der Waals surface area contributed by atoms with Gasteiger partial charge in [0, 0.05) is 13.1 Å².